The topological polar surface area (TPSA) is 72.9 Å². The number of piperazine rings is 1. The van der Waals surface area contributed by atoms with E-state index >= 15 is 0 Å². The van der Waals surface area contributed by atoms with E-state index in [1.807, 2.05) is 0 Å². The maximum absolute atomic E-state index is 12.0. The summed E-state index contributed by atoms with van der Waals surface area (Å²) >= 11 is 0. The molecule has 0 aromatic heterocycles. The van der Waals surface area contributed by atoms with Gasteiger partial charge in [-0.25, -0.2) is 9.59 Å². The van der Waals surface area contributed by atoms with E-state index in [1.165, 1.54) is 13.8 Å². The highest BCUT2D eigenvalue weighted by molar-refractivity contribution is 5.85. The van der Waals surface area contributed by atoms with Gasteiger partial charge in [-0.05, 0) is 27.3 Å². The summed E-state index contributed by atoms with van der Waals surface area (Å²) in [5.41, 5.74) is -1.23. The van der Waals surface area contributed by atoms with Crippen LogP contribution in [0.5, 0.6) is 0 Å². The Morgan fingerprint density at radius 1 is 1.39 bits per heavy atom. The molecule has 0 aromatic carbocycles. The van der Waals surface area contributed by atoms with Crippen molar-refractivity contribution in [3.05, 3.63) is 0 Å². The third kappa shape index (κ3) is 3.35. The van der Waals surface area contributed by atoms with E-state index in [0.29, 0.717) is 19.1 Å². The first-order valence-electron chi connectivity index (χ1n) is 6.32. The molecule has 1 rings (SSSR count). The molecule has 1 fully saturated rings. The summed E-state index contributed by atoms with van der Waals surface area (Å²) in [6.07, 6.45) is 0. The lowest BCUT2D eigenvalue weighted by molar-refractivity contribution is -0.143. The monoisotopic (exact) mass is 257 g/mol. The van der Waals surface area contributed by atoms with Crippen molar-refractivity contribution in [1.29, 1.82) is 0 Å². The van der Waals surface area contributed by atoms with Gasteiger partial charge in [0.1, 0.15) is 5.54 Å². The second kappa shape index (κ2) is 5.56. The number of carbonyl (C=O) groups excluding carboxylic acids is 1. The number of carboxylic acid groups (broad SMARTS) is 1. The zero-order valence-electron chi connectivity index (χ0n) is 11.6. The van der Waals surface area contributed by atoms with Crippen LogP contribution in [0.15, 0.2) is 0 Å². The highest BCUT2D eigenvalue weighted by Gasteiger charge is 2.33. The molecule has 6 heteroatoms. The molecule has 1 saturated heterocycles. The van der Waals surface area contributed by atoms with Gasteiger partial charge in [-0.1, -0.05) is 6.92 Å². The number of rotatable bonds is 3. The normalized spacial score (nSPS) is 21.8. The van der Waals surface area contributed by atoms with E-state index in [1.54, 1.807) is 4.90 Å². The smallest absolute Gasteiger partial charge is 0.328 e. The highest BCUT2D eigenvalue weighted by Crippen LogP contribution is 2.10. The van der Waals surface area contributed by atoms with Crippen LogP contribution in [0.3, 0.4) is 0 Å². The Labute approximate surface area is 108 Å². The number of hydrogen-bond donors (Lipinski definition) is 2. The van der Waals surface area contributed by atoms with E-state index in [0.717, 1.165) is 13.1 Å². The second-order valence-electron chi connectivity index (χ2n) is 5.28. The summed E-state index contributed by atoms with van der Waals surface area (Å²) in [5, 5.41) is 11.5. The van der Waals surface area contributed by atoms with Crippen molar-refractivity contribution in [2.75, 3.05) is 26.2 Å². The van der Waals surface area contributed by atoms with Crippen molar-refractivity contribution < 1.29 is 14.7 Å². The maximum Gasteiger partial charge on any atom is 0.328 e. The van der Waals surface area contributed by atoms with Gasteiger partial charge in [0, 0.05) is 25.7 Å². The van der Waals surface area contributed by atoms with Crippen LogP contribution in [0.4, 0.5) is 4.79 Å². The lowest BCUT2D eigenvalue weighted by Crippen LogP contribution is -2.60. The first kappa shape index (κ1) is 14.8. The predicted molar refractivity (Wildman–Crippen MR) is 68.5 cm³/mol. The first-order chi connectivity index (χ1) is 8.27. The number of amides is 2. The Morgan fingerprint density at radius 2 is 2.00 bits per heavy atom. The largest absolute Gasteiger partial charge is 0.480 e. The minimum Gasteiger partial charge on any atom is -0.480 e. The highest BCUT2D eigenvalue weighted by atomic mass is 16.4. The minimum atomic E-state index is -1.23. The van der Waals surface area contributed by atoms with Crippen molar-refractivity contribution in [3.63, 3.8) is 0 Å². The molecular weight excluding hydrogens is 234 g/mol. The number of urea groups is 1. The van der Waals surface area contributed by atoms with Gasteiger partial charge >= 0.3 is 12.0 Å². The van der Waals surface area contributed by atoms with Gasteiger partial charge in [-0.15, -0.1) is 0 Å². The molecule has 0 aromatic rings. The van der Waals surface area contributed by atoms with Crippen LogP contribution in [0.2, 0.25) is 0 Å². The quantitative estimate of drug-likeness (QED) is 0.776. The summed E-state index contributed by atoms with van der Waals surface area (Å²) < 4.78 is 0. The van der Waals surface area contributed by atoms with E-state index in [2.05, 4.69) is 24.1 Å². The molecule has 6 nitrogen and oxygen atoms in total. The molecule has 18 heavy (non-hydrogen) atoms. The van der Waals surface area contributed by atoms with Gasteiger partial charge in [0.2, 0.25) is 0 Å². The fraction of sp³-hybridized carbons (Fsp3) is 0.833. The van der Waals surface area contributed by atoms with E-state index < -0.39 is 11.5 Å². The Bertz CT molecular complexity index is 331. The summed E-state index contributed by atoms with van der Waals surface area (Å²) in [6, 6.07) is 0.00689. The molecule has 2 amide bonds. The van der Waals surface area contributed by atoms with Crippen molar-refractivity contribution >= 4 is 12.0 Å². The number of carboxylic acids is 1. The van der Waals surface area contributed by atoms with E-state index in [4.69, 9.17) is 5.11 Å². The van der Waals surface area contributed by atoms with Crippen molar-refractivity contribution in [3.8, 4) is 0 Å². The third-order valence-electron chi connectivity index (χ3n) is 3.41. The fourth-order valence-corrected chi connectivity index (χ4v) is 2.05. The Hall–Kier alpha value is -1.30. The average Bonchev–Trinajstić information content (AvgIpc) is 2.28. The Morgan fingerprint density at radius 3 is 2.44 bits per heavy atom. The maximum atomic E-state index is 12.0. The van der Waals surface area contributed by atoms with Crippen LogP contribution in [-0.4, -0.2) is 64.7 Å². The average molecular weight is 257 g/mol. The van der Waals surface area contributed by atoms with Gasteiger partial charge in [-0.3, -0.25) is 4.90 Å². The molecule has 0 bridgehead atoms. The lowest BCUT2D eigenvalue weighted by atomic mass is 10.1. The van der Waals surface area contributed by atoms with Crippen molar-refractivity contribution in [2.24, 2.45) is 0 Å². The fourth-order valence-electron chi connectivity index (χ4n) is 2.05. The van der Waals surface area contributed by atoms with E-state index in [9.17, 15) is 9.59 Å². The first-order valence-corrected chi connectivity index (χ1v) is 6.32. The summed E-state index contributed by atoms with van der Waals surface area (Å²) in [5.74, 6) is -1.03. The van der Waals surface area contributed by atoms with Crippen LogP contribution in [-0.2, 0) is 4.79 Å². The lowest BCUT2D eigenvalue weighted by Gasteiger charge is -2.40. The number of nitrogens with one attached hydrogen (secondary N) is 1. The molecule has 104 valence electrons. The zero-order chi connectivity index (χ0) is 13.9. The second-order valence-corrected chi connectivity index (χ2v) is 5.28. The summed E-state index contributed by atoms with van der Waals surface area (Å²) in [6.45, 7) is 10.2. The Balaban J connectivity index is 2.57. The van der Waals surface area contributed by atoms with Gasteiger partial charge < -0.3 is 15.3 Å². The van der Waals surface area contributed by atoms with Crippen LogP contribution < -0.4 is 5.32 Å². The number of nitrogens with zero attached hydrogens (tertiary/aromatic N) is 2. The van der Waals surface area contributed by atoms with Gasteiger partial charge in [0.25, 0.3) is 0 Å². The molecule has 0 saturated carbocycles. The molecule has 1 unspecified atom stereocenters. The molecule has 1 aliphatic heterocycles. The minimum absolute atomic E-state index is 0.301. The summed E-state index contributed by atoms with van der Waals surface area (Å²) in [4.78, 5) is 26.9. The van der Waals surface area contributed by atoms with Gasteiger partial charge in [0.05, 0.1) is 0 Å². The van der Waals surface area contributed by atoms with E-state index in [-0.39, 0.29) is 6.03 Å². The van der Waals surface area contributed by atoms with Gasteiger partial charge in [-0.2, -0.15) is 0 Å². The van der Waals surface area contributed by atoms with Crippen LogP contribution in [0.1, 0.15) is 27.7 Å². The molecule has 0 radical (unpaired) electrons. The van der Waals surface area contributed by atoms with Crippen LogP contribution >= 0.6 is 0 Å². The molecular formula is C12H23N3O3. The van der Waals surface area contributed by atoms with Gasteiger partial charge in [0.15, 0.2) is 0 Å². The standard InChI is InChI=1S/C12H23N3O3/c1-5-14-6-7-15(8-9(14)2)11(18)13-12(3,4)10(16)17/h9H,5-8H2,1-4H3,(H,13,18)(H,16,17). The predicted octanol–water partition coefficient (Wildman–Crippen LogP) is 0.585. The molecule has 0 aliphatic carbocycles. The number of carbonyl (C=O) groups is 2. The van der Waals surface area contributed by atoms with Crippen LogP contribution in [0.25, 0.3) is 0 Å². The Kier molecular flexibility index (Phi) is 4.56. The number of likely N-dealkylation sites (N-methyl/N-ethyl adjacent to an activating group) is 1. The molecule has 1 aliphatic rings. The van der Waals surface area contributed by atoms with Crippen LogP contribution in [0, 0.1) is 0 Å². The summed E-state index contributed by atoms with van der Waals surface area (Å²) in [7, 11) is 0. The molecule has 0 spiro atoms. The zero-order valence-corrected chi connectivity index (χ0v) is 11.6. The molecule has 1 heterocycles. The number of hydrogen-bond acceptors (Lipinski definition) is 3. The number of aliphatic carboxylic acids is 1. The van der Waals surface area contributed by atoms with Crippen molar-refractivity contribution in [2.45, 2.75) is 39.3 Å². The molecule has 2 N–H and O–H groups in total. The SMILES string of the molecule is CCN1CCN(C(=O)NC(C)(C)C(=O)O)CC1C. The van der Waals surface area contributed by atoms with Crippen molar-refractivity contribution in [1.82, 2.24) is 15.1 Å². The molecule has 1 atom stereocenters. The third-order valence-corrected chi connectivity index (χ3v) is 3.41.